The van der Waals surface area contributed by atoms with Gasteiger partial charge in [0.1, 0.15) is 11.6 Å². The van der Waals surface area contributed by atoms with Crippen LogP contribution < -0.4 is 10.6 Å². The van der Waals surface area contributed by atoms with Crippen molar-refractivity contribution >= 4 is 51.9 Å². The largest absolute Gasteiger partial charge is 0.361 e. The molecule has 6 nitrogen and oxygen atoms in total. The highest BCUT2D eigenvalue weighted by molar-refractivity contribution is 14.0. The van der Waals surface area contributed by atoms with Gasteiger partial charge in [-0.25, -0.2) is 9.37 Å². The van der Waals surface area contributed by atoms with Gasteiger partial charge in [0.2, 0.25) is 0 Å². The minimum Gasteiger partial charge on any atom is -0.361 e. The lowest BCUT2D eigenvalue weighted by atomic mass is 10.1. The van der Waals surface area contributed by atoms with Crippen molar-refractivity contribution in [2.75, 3.05) is 20.1 Å². The van der Waals surface area contributed by atoms with Crippen molar-refractivity contribution in [1.29, 1.82) is 0 Å². The molecule has 0 saturated carbocycles. The molecule has 0 bridgehead atoms. The topological polar surface area (TPSA) is 80.9 Å². The van der Waals surface area contributed by atoms with Gasteiger partial charge in [0.25, 0.3) is 0 Å². The quantitative estimate of drug-likeness (QED) is 0.128. The van der Waals surface area contributed by atoms with E-state index in [9.17, 15) is 4.39 Å². The van der Waals surface area contributed by atoms with Crippen molar-refractivity contribution in [2.45, 2.75) is 19.3 Å². The molecule has 0 atom stereocenters. The van der Waals surface area contributed by atoms with Gasteiger partial charge in [-0.2, -0.15) is 0 Å². The van der Waals surface area contributed by atoms with Crippen LogP contribution in [-0.4, -0.2) is 41.0 Å². The average Bonchev–Trinajstić information content (AvgIpc) is 3.33. The number of imidazole rings is 1. The van der Waals surface area contributed by atoms with Crippen LogP contribution in [0.5, 0.6) is 0 Å². The van der Waals surface area contributed by atoms with E-state index in [0.29, 0.717) is 6.54 Å². The first-order valence-electron chi connectivity index (χ1n) is 9.86. The molecule has 0 unspecified atom stereocenters. The first-order valence-corrected chi connectivity index (χ1v) is 9.86. The zero-order valence-electron chi connectivity index (χ0n) is 16.8. The van der Waals surface area contributed by atoms with Gasteiger partial charge in [0.15, 0.2) is 5.96 Å². The van der Waals surface area contributed by atoms with Crippen molar-refractivity contribution in [3.63, 3.8) is 0 Å². The maximum Gasteiger partial charge on any atom is 0.190 e. The predicted octanol–water partition coefficient (Wildman–Crippen LogP) is 4.14. The van der Waals surface area contributed by atoms with Gasteiger partial charge in [-0.15, -0.1) is 24.0 Å². The van der Waals surface area contributed by atoms with E-state index in [2.05, 4.69) is 30.6 Å². The molecule has 2 aromatic carbocycles. The number of guanidine groups is 1. The Labute approximate surface area is 191 Å². The minimum atomic E-state index is -0.215. The summed E-state index contributed by atoms with van der Waals surface area (Å²) in [7, 11) is 1.76. The summed E-state index contributed by atoms with van der Waals surface area (Å²) in [5, 5.41) is 7.58. The number of aryl methyl sites for hydroxylation is 1. The molecule has 2 heterocycles. The van der Waals surface area contributed by atoms with E-state index in [4.69, 9.17) is 0 Å². The molecular formula is C22H26FIN6. The molecule has 0 fully saturated rings. The summed E-state index contributed by atoms with van der Waals surface area (Å²) < 4.78 is 13.5. The van der Waals surface area contributed by atoms with Gasteiger partial charge in [-0.3, -0.25) is 4.99 Å². The number of nitrogens with one attached hydrogen (secondary N) is 4. The Hall–Kier alpha value is -2.62. The Bertz CT molecular complexity index is 1100. The number of aromatic nitrogens is 3. The molecule has 0 amide bonds. The van der Waals surface area contributed by atoms with Crippen LogP contribution in [0.3, 0.4) is 0 Å². The Kier molecular flexibility index (Phi) is 7.67. The van der Waals surface area contributed by atoms with Gasteiger partial charge in [-0.1, -0.05) is 12.1 Å². The molecule has 0 aliphatic rings. The van der Waals surface area contributed by atoms with E-state index in [0.717, 1.165) is 65.1 Å². The number of para-hydroxylation sites is 2. The fraction of sp³-hybridized carbons (Fsp3) is 0.273. The summed E-state index contributed by atoms with van der Waals surface area (Å²) in [6.45, 7) is 1.52. The van der Waals surface area contributed by atoms with E-state index in [1.54, 1.807) is 19.2 Å². The number of aliphatic imine (C=N–C) groups is 1. The molecule has 30 heavy (non-hydrogen) atoms. The smallest absolute Gasteiger partial charge is 0.190 e. The predicted molar refractivity (Wildman–Crippen MR) is 131 cm³/mol. The first kappa shape index (κ1) is 22.1. The SMILES string of the molecule is CN=C(NCCCc1nc2ccccc2[nH]1)NCCc1c[nH]c2ccc(F)cc12.I. The van der Waals surface area contributed by atoms with Crippen LogP contribution >= 0.6 is 24.0 Å². The van der Waals surface area contributed by atoms with Crippen LogP contribution in [0.2, 0.25) is 0 Å². The van der Waals surface area contributed by atoms with E-state index in [-0.39, 0.29) is 29.8 Å². The average molecular weight is 520 g/mol. The van der Waals surface area contributed by atoms with Crippen molar-refractivity contribution in [3.8, 4) is 0 Å². The highest BCUT2D eigenvalue weighted by Crippen LogP contribution is 2.19. The standard InChI is InChI=1S/C22H25FN6.HI/c1-24-22(25-11-4-7-21-28-19-5-2-3-6-20(19)29-21)26-12-10-15-14-27-18-9-8-16(23)13-17(15)18;/h2-3,5-6,8-9,13-14,27H,4,7,10-12H2,1H3,(H,28,29)(H2,24,25,26);1H. The minimum absolute atomic E-state index is 0. The fourth-order valence-electron chi connectivity index (χ4n) is 3.48. The van der Waals surface area contributed by atoms with Gasteiger partial charge in [-0.05, 0) is 48.7 Å². The lowest BCUT2D eigenvalue weighted by Crippen LogP contribution is -2.38. The molecule has 8 heteroatoms. The zero-order valence-corrected chi connectivity index (χ0v) is 19.2. The van der Waals surface area contributed by atoms with Crippen LogP contribution in [0.25, 0.3) is 21.9 Å². The molecular weight excluding hydrogens is 494 g/mol. The van der Waals surface area contributed by atoms with E-state index >= 15 is 0 Å². The summed E-state index contributed by atoms with van der Waals surface area (Å²) in [6, 6.07) is 12.9. The number of H-pyrrole nitrogens is 2. The molecule has 0 saturated heterocycles. The number of hydrogen-bond donors (Lipinski definition) is 4. The van der Waals surface area contributed by atoms with Crippen LogP contribution in [0.15, 0.2) is 53.7 Å². The third kappa shape index (κ3) is 5.29. The lowest BCUT2D eigenvalue weighted by molar-refractivity contribution is 0.629. The van der Waals surface area contributed by atoms with Crippen LogP contribution in [0, 0.1) is 5.82 Å². The molecule has 0 radical (unpaired) electrons. The summed E-state index contributed by atoms with van der Waals surface area (Å²) in [5.74, 6) is 1.55. The van der Waals surface area contributed by atoms with Gasteiger partial charge in [0, 0.05) is 43.7 Å². The van der Waals surface area contributed by atoms with Crippen LogP contribution in [0.1, 0.15) is 17.8 Å². The first-order chi connectivity index (χ1) is 14.2. The van der Waals surface area contributed by atoms with Crippen molar-refractivity contribution < 1.29 is 4.39 Å². The highest BCUT2D eigenvalue weighted by Gasteiger charge is 2.06. The third-order valence-electron chi connectivity index (χ3n) is 4.96. The van der Waals surface area contributed by atoms with Crippen LogP contribution in [-0.2, 0) is 12.8 Å². The van der Waals surface area contributed by atoms with Crippen LogP contribution in [0.4, 0.5) is 4.39 Å². The van der Waals surface area contributed by atoms with Crippen molar-refractivity contribution in [3.05, 3.63) is 65.9 Å². The second kappa shape index (κ2) is 10.4. The molecule has 158 valence electrons. The van der Waals surface area contributed by atoms with E-state index in [1.807, 2.05) is 30.5 Å². The molecule has 0 spiro atoms. The number of fused-ring (bicyclic) bond motifs is 2. The molecule has 4 N–H and O–H groups in total. The molecule has 0 aliphatic carbocycles. The van der Waals surface area contributed by atoms with E-state index < -0.39 is 0 Å². The molecule has 4 aromatic rings. The summed E-state index contributed by atoms with van der Waals surface area (Å²) in [5.41, 5.74) is 4.12. The third-order valence-corrected chi connectivity index (χ3v) is 4.96. The number of rotatable bonds is 7. The summed E-state index contributed by atoms with van der Waals surface area (Å²) >= 11 is 0. The Balaban J connectivity index is 0.00000256. The second-order valence-electron chi connectivity index (χ2n) is 6.98. The normalized spacial score (nSPS) is 11.6. The van der Waals surface area contributed by atoms with E-state index in [1.165, 1.54) is 6.07 Å². The van der Waals surface area contributed by atoms with Crippen molar-refractivity contribution in [1.82, 2.24) is 25.6 Å². The molecule has 4 rings (SSSR count). The maximum absolute atomic E-state index is 13.5. The monoisotopic (exact) mass is 520 g/mol. The lowest BCUT2D eigenvalue weighted by Gasteiger charge is -2.11. The molecule has 2 aromatic heterocycles. The summed E-state index contributed by atoms with van der Waals surface area (Å²) in [4.78, 5) is 15.4. The number of benzene rings is 2. The van der Waals surface area contributed by atoms with Gasteiger partial charge >= 0.3 is 0 Å². The number of nitrogens with zero attached hydrogens (tertiary/aromatic N) is 2. The second-order valence-corrected chi connectivity index (χ2v) is 6.98. The number of halogens is 2. The van der Waals surface area contributed by atoms with Crippen molar-refractivity contribution in [2.24, 2.45) is 4.99 Å². The Morgan fingerprint density at radius 1 is 1.07 bits per heavy atom. The Morgan fingerprint density at radius 2 is 1.90 bits per heavy atom. The van der Waals surface area contributed by atoms with Gasteiger partial charge < -0.3 is 20.6 Å². The zero-order chi connectivity index (χ0) is 20.1. The summed E-state index contributed by atoms with van der Waals surface area (Å²) in [6.07, 6.45) is 4.54. The number of hydrogen-bond acceptors (Lipinski definition) is 2. The Morgan fingerprint density at radius 3 is 2.73 bits per heavy atom. The molecule has 0 aliphatic heterocycles. The maximum atomic E-state index is 13.5. The number of aromatic amines is 2. The fourth-order valence-corrected chi connectivity index (χ4v) is 3.48. The van der Waals surface area contributed by atoms with Gasteiger partial charge in [0.05, 0.1) is 11.0 Å². The highest BCUT2D eigenvalue weighted by atomic mass is 127.